The van der Waals surface area contributed by atoms with E-state index in [1.54, 1.807) is 6.08 Å². The molecule has 2 nitrogen and oxygen atoms in total. The summed E-state index contributed by atoms with van der Waals surface area (Å²) in [5, 5.41) is 0. The average molecular weight is 223 g/mol. The second kappa shape index (κ2) is 4.77. The maximum atomic E-state index is 10.3. The number of benzene rings is 2. The maximum Gasteiger partial charge on any atom is 0.240 e. The van der Waals surface area contributed by atoms with Gasteiger partial charge < -0.3 is 0 Å². The van der Waals surface area contributed by atoms with Crippen LogP contribution < -0.4 is 0 Å². The van der Waals surface area contributed by atoms with Crippen molar-refractivity contribution in [3.05, 3.63) is 53.6 Å². The Morgan fingerprint density at radius 1 is 1.00 bits per heavy atom. The molecule has 0 bridgehead atoms. The smallest absolute Gasteiger partial charge is 0.211 e. The third-order valence-electron chi connectivity index (χ3n) is 2.83. The summed E-state index contributed by atoms with van der Waals surface area (Å²) in [5.41, 5.74) is 5.10. The van der Waals surface area contributed by atoms with Crippen LogP contribution in [0.2, 0.25) is 0 Å². The van der Waals surface area contributed by atoms with Gasteiger partial charge in [0.15, 0.2) is 0 Å². The first kappa shape index (κ1) is 11.3. The minimum Gasteiger partial charge on any atom is -0.211 e. The van der Waals surface area contributed by atoms with Gasteiger partial charge in [0.2, 0.25) is 6.08 Å². The van der Waals surface area contributed by atoms with E-state index in [1.807, 2.05) is 37.3 Å². The lowest BCUT2D eigenvalue weighted by Crippen LogP contribution is -1.83. The molecule has 0 saturated carbocycles. The predicted octanol–water partition coefficient (Wildman–Crippen LogP) is 3.94. The number of rotatable bonds is 2. The van der Waals surface area contributed by atoms with Gasteiger partial charge in [0.05, 0.1) is 5.69 Å². The highest BCUT2D eigenvalue weighted by molar-refractivity contribution is 5.72. The van der Waals surface area contributed by atoms with Gasteiger partial charge in [-0.25, -0.2) is 4.79 Å². The molecule has 0 aromatic heterocycles. The van der Waals surface area contributed by atoms with Gasteiger partial charge in [-0.2, -0.15) is 4.99 Å². The molecule has 2 rings (SSSR count). The minimum absolute atomic E-state index is 0.681. The summed E-state index contributed by atoms with van der Waals surface area (Å²) in [6, 6.07) is 14.1. The summed E-state index contributed by atoms with van der Waals surface area (Å²) in [4.78, 5) is 14.1. The Balaban J connectivity index is 2.58. The van der Waals surface area contributed by atoms with Crippen LogP contribution in [0.5, 0.6) is 0 Å². The van der Waals surface area contributed by atoms with Crippen LogP contribution in [0.15, 0.2) is 47.5 Å². The van der Waals surface area contributed by atoms with Crippen LogP contribution in [-0.2, 0) is 4.79 Å². The van der Waals surface area contributed by atoms with Crippen LogP contribution in [0.1, 0.15) is 11.1 Å². The van der Waals surface area contributed by atoms with Crippen molar-refractivity contribution in [1.29, 1.82) is 0 Å². The van der Waals surface area contributed by atoms with E-state index in [0.717, 1.165) is 16.7 Å². The SMILES string of the molecule is Cc1ccc(-c2ccccc2C)cc1N=C=O. The number of hydrogen-bond acceptors (Lipinski definition) is 2. The van der Waals surface area contributed by atoms with E-state index in [-0.39, 0.29) is 0 Å². The van der Waals surface area contributed by atoms with E-state index in [4.69, 9.17) is 0 Å². The summed E-state index contributed by atoms with van der Waals surface area (Å²) in [6.07, 6.45) is 1.59. The molecule has 0 aliphatic rings. The molecule has 0 atom stereocenters. The van der Waals surface area contributed by atoms with Crippen molar-refractivity contribution in [2.24, 2.45) is 4.99 Å². The lowest BCUT2D eigenvalue weighted by atomic mass is 9.99. The van der Waals surface area contributed by atoms with E-state index in [9.17, 15) is 4.79 Å². The van der Waals surface area contributed by atoms with E-state index >= 15 is 0 Å². The second-order valence-electron chi connectivity index (χ2n) is 4.02. The van der Waals surface area contributed by atoms with E-state index in [1.165, 1.54) is 5.56 Å². The van der Waals surface area contributed by atoms with Gasteiger partial charge >= 0.3 is 0 Å². The Bertz CT molecular complexity index is 596. The van der Waals surface area contributed by atoms with Crippen molar-refractivity contribution in [2.45, 2.75) is 13.8 Å². The standard InChI is InChI=1S/C15H13NO/c1-11-5-3-4-6-14(11)13-8-7-12(2)15(9-13)16-10-17/h3-9H,1-2H3. The van der Waals surface area contributed by atoms with Crippen LogP contribution in [0, 0.1) is 13.8 Å². The number of nitrogens with zero attached hydrogens (tertiary/aromatic N) is 1. The zero-order valence-corrected chi connectivity index (χ0v) is 9.90. The Morgan fingerprint density at radius 3 is 2.47 bits per heavy atom. The molecule has 2 heteroatoms. The molecule has 0 radical (unpaired) electrons. The van der Waals surface area contributed by atoms with Crippen LogP contribution >= 0.6 is 0 Å². The number of hydrogen-bond donors (Lipinski definition) is 0. The number of aliphatic imine (C=N–C) groups is 1. The van der Waals surface area contributed by atoms with Gasteiger partial charge in [0.1, 0.15) is 0 Å². The van der Waals surface area contributed by atoms with Gasteiger partial charge in [-0.3, -0.25) is 0 Å². The molecule has 0 aliphatic carbocycles. The molecule has 0 spiro atoms. The largest absolute Gasteiger partial charge is 0.240 e. The summed E-state index contributed by atoms with van der Waals surface area (Å²) >= 11 is 0. The van der Waals surface area contributed by atoms with Gasteiger partial charge in [0, 0.05) is 0 Å². The molecule has 0 aliphatic heterocycles. The van der Waals surface area contributed by atoms with Crippen molar-refractivity contribution in [2.75, 3.05) is 0 Å². The summed E-state index contributed by atoms with van der Waals surface area (Å²) in [5.74, 6) is 0. The van der Waals surface area contributed by atoms with Crippen molar-refractivity contribution >= 4 is 11.8 Å². The van der Waals surface area contributed by atoms with Crippen LogP contribution in [0.3, 0.4) is 0 Å². The fourth-order valence-corrected chi connectivity index (χ4v) is 1.84. The van der Waals surface area contributed by atoms with E-state index in [2.05, 4.69) is 24.0 Å². The molecule has 0 N–H and O–H groups in total. The monoisotopic (exact) mass is 223 g/mol. The number of carbonyl (C=O) groups excluding carboxylic acids is 1. The second-order valence-corrected chi connectivity index (χ2v) is 4.02. The van der Waals surface area contributed by atoms with Crippen molar-refractivity contribution in [3.63, 3.8) is 0 Å². The average Bonchev–Trinajstić information content (AvgIpc) is 2.33. The quantitative estimate of drug-likeness (QED) is 0.560. The zero-order valence-electron chi connectivity index (χ0n) is 9.90. The fourth-order valence-electron chi connectivity index (χ4n) is 1.84. The van der Waals surface area contributed by atoms with Crippen molar-refractivity contribution < 1.29 is 4.79 Å². The normalized spacial score (nSPS) is 9.76. The Labute approximate surface area is 101 Å². The first-order chi connectivity index (χ1) is 8.22. The molecule has 2 aromatic carbocycles. The van der Waals surface area contributed by atoms with Gasteiger partial charge in [0.25, 0.3) is 0 Å². The fraction of sp³-hybridized carbons (Fsp3) is 0.133. The lowest BCUT2D eigenvalue weighted by molar-refractivity contribution is 0.565. The molecule has 0 fully saturated rings. The highest BCUT2D eigenvalue weighted by atomic mass is 16.1. The molecule has 0 unspecified atom stereocenters. The minimum atomic E-state index is 0.681. The summed E-state index contributed by atoms with van der Waals surface area (Å²) in [7, 11) is 0. The first-order valence-corrected chi connectivity index (χ1v) is 5.47. The van der Waals surface area contributed by atoms with E-state index in [0.29, 0.717) is 5.69 Å². The highest BCUT2D eigenvalue weighted by Gasteiger charge is 2.03. The molecular formula is C15H13NO. The Kier molecular flexibility index (Phi) is 3.17. The van der Waals surface area contributed by atoms with Gasteiger partial charge in [-0.05, 0) is 42.2 Å². The first-order valence-electron chi connectivity index (χ1n) is 5.47. The number of aryl methyl sites for hydroxylation is 2. The molecule has 84 valence electrons. The highest BCUT2D eigenvalue weighted by Crippen LogP contribution is 2.28. The molecule has 0 saturated heterocycles. The molecule has 2 aromatic rings. The summed E-state index contributed by atoms with van der Waals surface area (Å²) < 4.78 is 0. The topological polar surface area (TPSA) is 29.4 Å². The third kappa shape index (κ3) is 2.32. The molecular weight excluding hydrogens is 210 g/mol. The number of isocyanates is 1. The van der Waals surface area contributed by atoms with Gasteiger partial charge in [-0.15, -0.1) is 0 Å². The lowest BCUT2D eigenvalue weighted by Gasteiger charge is -2.07. The Morgan fingerprint density at radius 2 is 1.76 bits per heavy atom. The Hall–Kier alpha value is -2.18. The van der Waals surface area contributed by atoms with Crippen molar-refractivity contribution in [1.82, 2.24) is 0 Å². The van der Waals surface area contributed by atoms with Crippen LogP contribution in [0.25, 0.3) is 11.1 Å². The van der Waals surface area contributed by atoms with Crippen LogP contribution in [-0.4, -0.2) is 6.08 Å². The van der Waals surface area contributed by atoms with Gasteiger partial charge in [-0.1, -0.05) is 36.4 Å². The molecule has 0 amide bonds. The maximum absolute atomic E-state index is 10.3. The van der Waals surface area contributed by atoms with Crippen molar-refractivity contribution in [3.8, 4) is 11.1 Å². The zero-order chi connectivity index (χ0) is 12.3. The van der Waals surface area contributed by atoms with Crippen LogP contribution in [0.4, 0.5) is 5.69 Å². The summed E-state index contributed by atoms with van der Waals surface area (Å²) in [6.45, 7) is 4.00. The van der Waals surface area contributed by atoms with E-state index < -0.39 is 0 Å². The predicted molar refractivity (Wildman–Crippen MR) is 69.1 cm³/mol. The molecule has 17 heavy (non-hydrogen) atoms. The molecule has 0 heterocycles. The third-order valence-corrected chi connectivity index (χ3v) is 2.83.